The average Bonchev–Trinajstić information content (AvgIpc) is 3.04. The number of benzene rings is 1. The van der Waals surface area contributed by atoms with Gasteiger partial charge in [0.15, 0.2) is 5.82 Å². The van der Waals surface area contributed by atoms with E-state index in [1.807, 2.05) is 13.8 Å². The molecule has 1 aliphatic heterocycles. The Morgan fingerprint density at radius 1 is 1.33 bits per heavy atom. The molecule has 2 N–H and O–H groups in total. The van der Waals surface area contributed by atoms with E-state index in [0.29, 0.717) is 5.69 Å². The fourth-order valence-corrected chi connectivity index (χ4v) is 3.82. The number of ketones is 1. The third kappa shape index (κ3) is 2.28. The highest BCUT2D eigenvalue weighted by molar-refractivity contribution is 8.09. The number of H-pyrrole nitrogens is 1. The molecule has 8 nitrogen and oxygen atoms in total. The number of rotatable bonds is 3. The highest BCUT2D eigenvalue weighted by Gasteiger charge is 2.41. The number of hydrogen-bond donors (Lipinski definition) is 2. The molecule has 3 rings (SSSR count). The minimum atomic E-state index is -3.97. The summed E-state index contributed by atoms with van der Waals surface area (Å²) in [5.74, 6) is -0.562. The van der Waals surface area contributed by atoms with Crippen molar-refractivity contribution in [3.05, 3.63) is 46.9 Å². The van der Waals surface area contributed by atoms with Crippen molar-refractivity contribution < 1.29 is 13.2 Å². The summed E-state index contributed by atoms with van der Waals surface area (Å²) >= 11 is 0. The lowest BCUT2D eigenvalue weighted by Gasteiger charge is -2.01. The third-order valence-electron chi connectivity index (χ3n) is 3.59. The van der Waals surface area contributed by atoms with Crippen LogP contribution in [0.1, 0.15) is 35.8 Å². The number of carbonyl (C=O) groups is 1. The van der Waals surface area contributed by atoms with E-state index in [4.69, 9.17) is 6.57 Å². The first-order chi connectivity index (χ1) is 11.4. The van der Waals surface area contributed by atoms with Crippen LogP contribution in [0.4, 0.5) is 11.5 Å². The van der Waals surface area contributed by atoms with Crippen LogP contribution in [-0.2, 0) is 9.84 Å². The summed E-state index contributed by atoms with van der Waals surface area (Å²) in [5.41, 5.74) is 3.35. The molecule has 122 valence electrons. The van der Waals surface area contributed by atoms with Crippen LogP contribution >= 0.6 is 0 Å². The van der Waals surface area contributed by atoms with E-state index in [1.165, 1.54) is 12.1 Å². The van der Waals surface area contributed by atoms with Crippen molar-refractivity contribution in [3.63, 3.8) is 0 Å². The fraction of sp³-hybridized carbons (Fsp3) is 0.200. The molecule has 0 fully saturated rings. The van der Waals surface area contributed by atoms with Gasteiger partial charge < -0.3 is 0 Å². The second-order valence-electron chi connectivity index (χ2n) is 5.46. The molecule has 1 aromatic carbocycles. The molecule has 2 aromatic rings. The second-order valence-corrected chi connectivity index (χ2v) is 7.29. The summed E-state index contributed by atoms with van der Waals surface area (Å²) in [6.07, 6.45) is 0. The van der Waals surface area contributed by atoms with Crippen molar-refractivity contribution in [2.45, 2.75) is 24.7 Å². The van der Waals surface area contributed by atoms with Crippen LogP contribution in [0.2, 0.25) is 0 Å². The zero-order chi connectivity index (χ0) is 17.5. The number of nitrogens with one attached hydrogen (secondary N) is 2. The number of nitrogens with zero attached hydrogens (tertiary/aromatic N) is 3. The predicted octanol–water partition coefficient (Wildman–Crippen LogP) is 2.48. The normalized spacial score (nSPS) is 17.1. The predicted molar refractivity (Wildman–Crippen MR) is 88.0 cm³/mol. The van der Waals surface area contributed by atoms with E-state index >= 15 is 0 Å². The maximum absolute atomic E-state index is 12.4. The molecule has 0 spiro atoms. The van der Waals surface area contributed by atoms with Crippen molar-refractivity contribution in [2.75, 3.05) is 5.43 Å². The number of aromatic nitrogens is 2. The van der Waals surface area contributed by atoms with Gasteiger partial charge in [0.1, 0.15) is 0 Å². The maximum atomic E-state index is 12.4. The largest absolute Gasteiger partial charge is 0.292 e. The van der Waals surface area contributed by atoms with Gasteiger partial charge >= 0.3 is 0 Å². The Kier molecular flexibility index (Phi) is 3.69. The smallest absolute Gasteiger partial charge is 0.252 e. The molecule has 0 atom stereocenters. The van der Waals surface area contributed by atoms with Crippen LogP contribution < -0.4 is 5.43 Å². The van der Waals surface area contributed by atoms with Crippen LogP contribution in [0.5, 0.6) is 0 Å². The van der Waals surface area contributed by atoms with Gasteiger partial charge in [0.05, 0.1) is 11.5 Å². The Balaban J connectivity index is 2.01. The molecule has 0 radical (unpaired) electrons. The van der Waals surface area contributed by atoms with Gasteiger partial charge in [-0.2, -0.15) is 10.2 Å². The summed E-state index contributed by atoms with van der Waals surface area (Å²) in [6.45, 7) is 11.0. The van der Waals surface area contributed by atoms with Crippen molar-refractivity contribution >= 4 is 32.2 Å². The summed E-state index contributed by atoms with van der Waals surface area (Å²) in [7, 11) is -3.97. The molecular formula is C15H13N5O3S. The molecule has 0 unspecified atom stereocenters. The van der Waals surface area contributed by atoms with E-state index in [9.17, 15) is 13.2 Å². The number of Topliss-reactive ketones (excluding diaryl/α,β-unsaturated/α-hetero) is 1. The van der Waals surface area contributed by atoms with Gasteiger partial charge in [-0.05, 0) is 18.1 Å². The molecule has 9 heteroatoms. The lowest BCUT2D eigenvalue weighted by atomic mass is 10.1. The Labute approximate surface area is 138 Å². The number of hydrazone groups is 1. The van der Waals surface area contributed by atoms with E-state index in [0.717, 1.165) is 0 Å². The number of fused-ring (bicyclic) bond motifs is 1. The number of carbonyl (C=O) groups excluding carboxylic acids is 1. The third-order valence-corrected chi connectivity index (χ3v) is 5.31. The molecule has 2 heterocycles. The van der Waals surface area contributed by atoms with Crippen LogP contribution in [-0.4, -0.2) is 29.4 Å². The van der Waals surface area contributed by atoms with Crippen LogP contribution in [0, 0.1) is 6.57 Å². The van der Waals surface area contributed by atoms with Crippen molar-refractivity contribution in [1.82, 2.24) is 10.2 Å². The first-order valence-electron chi connectivity index (χ1n) is 7.06. The van der Waals surface area contributed by atoms with Crippen LogP contribution in [0.15, 0.2) is 34.3 Å². The first-order valence-corrected chi connectivity index (χ1v) is 8.54. The van der Waals surface area contributed by atoms with Crippen molar-refractivity contribution in [2.24, 2.45) is 5.10 Å². The topological polar surface area (TPSA) is 109 Å². The monoisotopic (exact) mass is 343 g/mol. The Bertz CT molecular complexity index is 1010. The minimum Gasteiger partial charge on any atom is -0.292 e. The van der Waals surface area contributed by atoms with E-state index in [1.54, 1.807) is 12.1 Å². The zero-order valence-corrected chi connectivity index (χ0v) is 13.7. The summed E-state index contributed by atoms with van der Waals surface area (Å²) in [5, 5.41) is 9.77. The first kappa shape index (κ1) is 15.9. The number of hydrogen-bond acceptors (Lipinski definition) is 6. The van der Waals surface area contributed by atoms with Gasteiger partial charge in [0.2, 0.25) is 20.7 Å². The minimum absolute atomic E-state index is 0.0332. The lowest BCUT2D eigenvalue weighted by molar-refractivity contribution is 0.106. The van der Waals surface area contributed by atoms with Gasteiger partial charge in [-0.3, -0.25) is 15.3 Å². The van der Waals surface area contributed by atoms with E-state index in [2.05, 4.69) is 25.6 Å². The number of sulfone groups is 1. The fourth-order valence-electron chi connectivity index (χ4n) is 2.39. The second kappa shape index (κ2) is 5.58. The van der Waals surface area contributed by atoms with Crippen molar-refractivity contribution in [1.29, 1.82) is 0 Å². The molecule has 0 saturated heterocycles. The highest BCUT2D eigenvalue weighted by Crippen LogP contribution is 2.32. The lowest BCUT2D eigenvalue weighted by Crippen LogP contribution is -2.17. The van der Waals surface area contributed by atoms with E-state index in [-0.39, 0.29) is 27.9 Å². The van der Waals surface area contributed by atoms with Crippen LogP contribution in [0.3, 0.4) is 0 Å². The zero-order valence-electron chi connectivity index (χ0n) is 12.9. The Hall–Kier alpha value is -2.99. The number of aromatic amines is 1. The average molecular weight is 343 g/mol. The van der Waals surface area contributed by atoms with Gasteiger partial charge in [-0.15, -0.1) is 0 Å². The summed E-state index contributed by atoms with van der Waals surface area (Å²) in [6, 6.07) is 5.93. The van der Waals surface area contributed by atoms with E-state index < -0.39 is 20.7 Å². The van der Waals surface area contributed by atoms with Crippen LogP contribution in [0.25, 0.3) is 4.85 Å². The Morgan fingerprint density at radius 2 is 2.04 bits per heavy atom. The molecule has 0 amide bonds. The maximum Gasteiger partial charge on any atom is 0.252 e. The standard InChI is InChI=1S/C15H13N5O3S/c1-8(2)11-12(16-3)14(18-17-11)19-20-15-13(21)9-6-4-5-7-10(9)24(15,22)23/h4-8H,1-2H3,(H2,17,18,19)/b20-15-. The molecular weight excluding hydrogens is 330 g/mol. The molecule has 24 heavy (non-hydrogen) atoms. The van der Waals surface area contributed by atoms with Gasteiger partial charge in [0.25, 0.3) is 5.69 Å². The molecule has 1 aliphatic rings. The summed E-state index contributed by atoms with van der Waals surface area (Å²) in [4.78, 5) is 15.6. The molecule has 0 aliphatic carbocycles. The van der Waals surface area contributed by atoms with Gasteiger partial charge in [0, 0.05) is 11.3 Å². The molecule has 0 bridgehead atoms. The Morgan fingerprint density at radius 3 is 2.67 bits per heavy atom. The molecule has 0 saturated carbocycles. The molecule has 1 aromatic heterocycles. The summed E-state index contributed by atoms with van der Waals surface area (Å²) < 4.78 is 24.8. The number of anilines is 1. The van der Waals surface area contributed by atoms with Gasteiger partial charge in [-0.1, -0.05) is 26.0 Å². The quantitative estimate of drug-likeness (QED) is 0.657. The SMILES string of the molecule is [C-]#[N+]c1c(N/N=C2/C(=O)c3ccccc3S2(=O)=O)n[nH]c1C(C)C. The van der Waals surface area contributed by atoms with Crippen molar-refractivity contribution in [3.8, 4) is 0 Å². The highest BCUT2D eigenvalue weighted by atomic mass is 32.2. The van der Waals surface area contributed by atoms with Gasteiger partial charge in [-0.25, -0.2) is 13.3 Å².